The van der Waals surface area contributed by atoms with E-state index >= 15 is 0 Å². The summed E-state index contributed by atoms with van der Waals surface area (Å²) < 4.78 is 0. The first-order valence-corrected chi connectivity index (χ1v) is 7.65. The SMILES string of the molecule is CN1CCCC1c1cccnc1.O=C(O)C(O)c1ccccc1. The smallest absolute Gasteiger partial charge is 0.337 e. The molecule has 1 aromatic heterocycles. The maximum atomic E-state index is 10.2. The van der Waals surface area contributed by atoms with Crippen molar-refractivity contribution in [2.24, 2.45) is 0 Å². The third-order valence-electron chi connectivity index (χ3n) is 3.94. The molecule has 0 saturated carbocycles. The first-order valence-electron chi connectivity index (χ1n) is 7.65. The van der Waals surface area contributed by atoms with E-state index in [0.717, 1.165) is 0 Å². The number of carboxylic acid groups (broad SMARTS) is 1. The largest absolute Gasteiger partial charge is 0.479 e. The second-order valence-corrected chi connectivity index (χ2v) is 5.58. The maximum Gasteiger partial charge on any atom is 0.337 e. The molecule has 0 amide bonds. The van der Waals surface area contributed by atoms with Crippen LogP contribution in [0.4, 0.5) is 0 Å². The van der Waals surface area contributed by atoms with Gasteiger partial charge in [0.05, 0.1) is 0 Å². The third kappa shape index (κ3) is 4.87. The van der Waals surface area contributed by atoms with Crippen LogP contribution in [0.5, 0.6) is 0 Å². The van der Waals surface area contributed by atoms with E-state index < -0.39 is 12.1 Å². The minimum atomic E-state index is -1.41. The van der Waals surface area contributed by atoms with Crippen molar-refractivity contribution in [1.82, 2.24) is 9.88 Å². The monoisotopic (exact) mass is 314 g/mol. The van der Waals surface area contributed by atoms with Crippen molar-refractivity contribution >= 4 is 5.97 Å². The van der Waals surface area contributed by atoms with Gasteiger partial charge in [0.2, 0.25) is 0 Å². The highest BCUT2D eigenvalue weighted by Gasteiger charge is 2.22. The van der Waals surface area contributed by atoms with Crippen LogP contribution in [0.2, 0.25) is 0 Å². The van der Waals surface area contributed by atoms with E-state index in [4.69, 9.17) is 10.2 Å². The standard InChI is InChI=1S/C10H14N2.C8H8O3/c1-12-7-3-5-10(12)9-4-2-6-11-8-9;9-7(8(10)11)6-4-2-1-3-5-6/h2,4,6,8,10H,3,5,7H2,1H3;1-5,7,9H,(H,10,11). The van der Waals surface area contributed by atoms with Crippen LogP contribution in [-0.4, -0.2) is 39.7 Å². The van der Waals surface area contributed by atoms with Gasteiger partial charge < -0.3 is 10.2 Å². The topological polar surface area (TPSA) is 73.7 Å². The van der Waals surface area contributed by atoms with Gasteiger partial charge in [-0.05, 0) is 43.6 Å². The van der Waals surface area contributed by atoms with Crippen LogP contribution in [0.25, 0.3) is 0 Å². The molecule has 1 aromatic carbocycles. The van der Waals surface area contributed by atoms with Crippen LogP contribution < -0.4 is 0 Å². The molecule has 0 bridgehead atoms. The van der Waals surface area contributed by atoms with E-state index in [0.29, 0.717) is 11.6 Å². The van der Waals surface area contributed by atoms with Crippen molar-refractivity contribution in [3.8, 4) is 0 Å². The van der Waals surface area contributed by atoms with Gasteiger partial charge in [-0.1, -0.05) is 36.4 Å². The van der Waals surface area contributed by atoms with Crippen LogP contribution in [0.1, 0.15) is 36.1 Å². The average Bonchev–Trinajstić information content (AvgIpc) is 3.02. The van der Waals surface area contributed by atoms with Gasteiger partial charge in [0.25, 0.3) is 0 Å². The molecule has 5 nitrogen and oxygen atoms in total. The number of pyridine rings is 1. The number of aliphatic hydroxyl groups excluding tert-OH is 1. The number of aliphatic hydroxyl groups is 1. The van der Waals surface area contributed by atoms with Crippen molar-refractivity contribution < 1.29 is 15.0 Å². The molecular weight excluding hydrogens is 292 g/mol. The maximum absolute atomic E-state index is 10.2. The Bertz CT molecular complexity index is 604. The number of carboxylic acids is 1. The molecule has 1 fully saturated rings. The molecule has 2 aromatic rings. The summed E-state index contributed by atoms with van der Waals surface area (Å²) in [6, 6.07) is 13.1. The highest BCUT2D eigenvalue weighted by Crippen LogP contribution is 2.29. The molecule has 2 N–H and O–H groups in total. The molecule has 0 radical (unpaired) electrons. The summed E-state index contributed by atoms with van der Waals surface area (Å²) in [6.07, 6.45) is 5.00. The molecule has 2 unspecified atom stereocenters. The molecule has 5 heteroatoms. The van der Waals surface area contributed by atoms with Crippen LogP contribution in [0, 0.1) is 0 Å². The van der Waals surface area contributed by atoms with Crippen molar-refractivity contribution in [3.05, 3.63) is 66.0 Å². The fraction of sp³-hybridized carbons (Fsp3) is 0.333. The molecule has 122 valence electrons. The second kappa shape index (κ2) is 8.41. The number of likely N-dealkylation sites (tertiary alicyclic amines) is 1. The fourth-order valence-corrected chi connectivity index (χ4v) is 2.68. The Hall–Kier alpha value is -2.24. The van der Waals surface area contributed by atoms with Crippen molar-refractivity contribution in [2.45, 2.75) is 25.0 Å². The summed E-state index contributed by atoms with van der Waals surface area (Å²) in [5, 5.41) is 17.4. The minimum absolute atomic E-state index is 0.403. The summed E-state index contributed by atoms with van der Waals surface area (Å²) in [5.74, 6) is -1.23. The Morgan fingerprint density at radius 3 is 2.52 bits per heavy atom. The number of rotatable bonds is 3. The molecule has 2 atom stereocenters. The normalized spacial score (nSPS) is 18.8. The van der Waals surface area contributed by atoms with E-state index in [1.807, 2.05) is 18.5 Å². The Morgan fingerprint density at radius 1 is 1.26 bits per heavy atom. The predicted molar refractivity (Wildman–Crippen MR) is 87.9 cm³/mol. The lowest BCUT2D eigenvalue weighted by atomic mass is 10.1. The van der Waals surface area contributed by atoms with E-state index in [-0.39, 0.29) is 0 Å². The van der Waals surface area contributed by atoms with Gasteiger partial charge in [-0.2, -0.15) is 0 Å². The van der Waals surface area contributed by atoms with E-state index in [1.165, 1.54) is 24.9 Å². The number of aliphatic carboxylic acids is 1. The van der Waals surface area contributed by atoms with Gasteiger partial charge in [-0.25, -0.2) is 4.79 Å². The van der Waals surface area contributed by atoms with Crippen molar-refractivity contribution in [3.63, 3.8) is 0 Å². The molecule has 23 heavy (non-hydrogen) atoms. The molecule has 2 heterocycles. The van der Waals surface area contributed by atoms with E-state index in [1.54, 1.807) is 30.3 Å². The number of hydrogen-bond donors (Lipinski definition) is 2. The quantitative estimate of drug-likeness (QED) is 0.911. The van der Waals surface area contributed by atoms with Gasteiger partial charge >= 0.3 is 5.97 Å². The van der Waals surface area contributed by atoms with Gasteiger partial charge in [-0.15, -0.1) is 0 Å². The first kappa shape index (κ1) is 17.1. The summed E-state index contributed by atoms with van der Waals surface area (Å²) >= 11 is 0. The second-order valence-electron chi connectivity index (χ2n) is 5.58. The van der Waals surface area contributed by atoms with Gasteiger partial charge in [0.15, 0.2) is 6.10 Å². The van der Waals surface area contributed by atoms with E-state index in [2.05, 4.69) is 23.0 Å². The van der Waals surface area contributed by atoms with E-state index in [9.17, 15) is 4.79 Å². The Balaban J connectivity index is 0.000000168. The Morgan fingerprint density at radius 2 is 2.00 bits per heavy atom. The zero-order valence-electron chi connectivity index (χ0n) is 13.2. The molecule has 1 aliphatic rings. The first-order chi connectivity index (χ1) is 11.1. The lowest BCUT2D eigenvalue weighted by Gasteiger charge is -2.18. The number of aromatic nitrogens is 1. The van der Waals surface area contributed by atoms with Gasteiger partial charge in [0, 0.05) is 18.4 Å². The molecule has 1 aliphatic heterocycles. The summed E-state index contributed by atoms with van der Waals surface area (Å²) in [6.45, 7) is 1.22. The van der Waals surface area contributed by atoms with Crippen LogP contribution in [-0.2, 0) is 4.79 Å². The summed E-state index contributed by atoms with van der Waals surface area (Å²) in [7, 11) is 2.19. The Kier molecular flexibility index (Phi) is 6.26. The Labute approximate surface area is 136 Å². The minimum Gasteiger partial charge on any atom is -0.479 e. The number of carbonyl (C=O) groups is 1. The lowest BCUT2D eigenvalue weighted by Crippen LogP contribution is -2.17. The number of nitrogens with zero attached hydrogens (tertiary/aromatic N) is 2. The highest BCUT2D eigenvalue weighted by atomic mass is 16.4. The summed E-state index contributed by atoms with van der Waals surface area (Å²) in [4.78, 5) is 16.8. The molecule has 3 rings (SSSR count). The molecule has 1 saturated heterocycles. The van der Waals surface area contributed by atoms with Gasteiger partial charge in [0.1, 0.15) is 0 Å². The number of hydrogen-bond acceptors (Lipinski definition) is 4. The van der Waals surface area contributed by atoms with Crippen molar-refractivity contribution in [2.75, 3.05) is 13.6 Å². The summed E-state index contributed by atoms with van der Waals surface area (Å²) in [5.41, 5.74) is 1.76. The lowest BCUT2D eigenvalue weighted by molar-refractivity contribution is -0.146. The van der Waals surface area contributed by atoms with Gasteiger partial charge in [-0.3, -0.25) is 9.88 Å². The van der Waals surface area contributed by atoms with Crippen LogP contribution in [0.15, 0.2) is 54.9 Å². The average molecular weight is 314 g/mol. The zero-order valence-corrected chi connectivity index (χ0v) is 13.2. The van der Waals surface area contributed by atoms with Crippen LogP contribution >= 0.6 is 0 Å². The molecule has 0 spiro atoms. The third-order valence-corrected chi connectivity index (χ3v) is 3.94. The van der Waals surface area contributed by atoms with Crippen LogP contribution in [0.3, 0.4) is 0 Å². The fourth-order valence-electron chi connectivity index (χ4n) is 2.68. The predicted octanol–water partition coefficient (Wildman–Crippen LogP) is 2.65. The number of benzene rings is 1. The van der Waals surface area contributed by atoms with Crippen molar-refractivity contribution in [1.29, 1.82) is 0 Å². The molecule has 0 aliphatic carbocycles. The zero-order chi connectivity index (χ0) is 16.7. The molecular formula is C18H22N2O3. The highest BCUT2D eigenvalue weighted by molar-refractivity contribution is 5.73.